The van der Waals surface area contributed by atoms with Crippen molar-refractivity contribution in [3.8, 4) is 11.9 Å². The summed E-state index contributed by atoms with van der Waals surface area (Å²) in [6, 6.07) is 4.36. The van der Waals surface area contributed by atoms with E-state index in [0.717, 1.165) is 0 Å². The fourth-order valence-electron chi connectivity index (χ4n) is 1.92. The first-order valence-corrected chi connectivity index (χ1v) is 7.62. The van der Waals surface area contributed by atoms with E-state index in [4.69, 9.17) is 10.00 Å². The number of aromatic nitrogens is 1. The van der Waals surface area contributed by atoms with Gasteiger partial charge in [-0.15, -0.1) is 0 Å². The SMILES string of the molecule is CN=C(Nc1ccc(C(=O)N(C)C)c(OC)n1)NC(C)[C@H](F)CC#N. The number of methoxy groups -OCH3 is 1. The fourth-order valence-corrected chi connectivity index (χ4v) is 1.92. The second-order valence-electron chi connectivity index (χ2n) is 5.46. The lowest BCUT2D eigenvalue weighted by Crippen LogP contribution is -2.42. The van der Waals surface area contributed by atoms with Gasteiger partial charge in [0.15, 0.2) is 5.96 Å². The molecule has 1 amide bonds. The number of halogens is 1. The number of guanidine groups is 1. The Morgan fingerprint density at radius 1 is 1.52 bits per heavy atom. The lowest BCUT2D eigenvalue weighted by molar-refractivity contribution is 0.0823. The average Bonchev–Trinajstić information content (AvgIpc) is 2.60. The molecule has 0 spiro atoms. The molecule has 2 atom stereocenters. The van der Waals surface area contributed by atoms with Crippen LogP contribution in [0.15, 0.2) is 17.1 Å². The molecule has 1 rings (SSSR count). The van der Waals surface area contributed by atoms with Crippen molar-refractivity contribution < 1.29 is 13.9 Å². The summed E-state index contributed by atoms with van der Waals surface area (Å²) >= 11 is 0. The van der Waals surface area contributed by atoms with Crippen LogP contribution in [0.4, 0.5) is 10.2 Å². The fraction of sp³-hybridized carbons (Fsp3) is 0.500. The third kappa shape index (κ3) is 5.60. The summed E-state index contributed by atoms with van der Waals surface area (Å²) in [5, 5.41) is 14.3. The molecule has 25 heavy (non-hydrogen) atoms. The minimum Gasteiger partial charge on any atom is -0.480 e. The standard InChI is InChI=1S/C16H23FN6O2/c1-10(12(17)8-9-18)20-16(19-2)22-13-7-6-11(14(21-13)25-5)15(24)23(3)4/h6-7,10,12H,8H2,1-5H3,(H2,19,20,21,22)/t10?,12-/m1/s1. The molecule has 1 aromatic rings. The first kappa shape index (κ1) is 20.2. The van der Waals surface area contributed by atoms with E-state index in [0.29, 0.717) is 11.4 Å². The maximum Gasteiger partial charge on any atom is 0.258 e. The van der Waals surface area contributed by atoms with Crippen LogP contribution in [0.2, 0.25) is 0 Å². The van der Waals surface area contributed by atoms with Crippen LogP contribution < -0.4 is 15.4 Å². The molecule has 0 fully saturated rings. The highest BCUT2D eigenvalue weighted by molar-refractivity contribution is 5.97. The summed E-state index contributed by atoms with van der Waals surface area (Å²) in [5.74, 6) is 0.598. The van der Waals surface area contributed by atoms with Gasteiger partial charge in [0.1, 0.15) is 17.6 Å². The summed E-state index contributed by atoms with van der Waals surface area (Å²) in [6.07, 6.45) is -1.54. The number of pyridine rings is 1. The van der Waals surface area contributed by atoms with Crippen molar-refractivity contribution in [2.75, 3.05) is 33.6 Å². The van der Waals surface area contributed by atoms with E-state index in [-0.39, 0.29) is 24.2 Å². The molecule has 0 aromatic carbocycles. The summed E-state index contributed by atoms with van der Waals surface area (Å²) in [7, 11) is 6.22. The number of nitrogens with zero attached hydrogens (tertiary/aromatic N) is 4. The van der Waals surface area contributed by atoms with Gasteiger partial charge in [-0.25, -0.2) is 4.39 Å². The molecule has 0 saturated heterocycles. The maximum absolute atomic E-state index is 13.7. The number of amides is 1. The molecule has 0 aliphatic heterocycles. The molecule has 0 saturated carbocycles. The third-order valence-electron chi connectivity index (χ3n) is 3.35. The number of hydrogen-bond donors (Lipinski definition) is 2. The molecule has 1 aromatic heterocycles. The third-order valence-corrected chi connectivity index (χ3v) is 3.35. The topological polar surface area (TPSA) is 103 Å². The van der Waals surface area contributed by atoms with Crippen LogP contribution in [0.25, 0.3) is 0 Å². The summed E-state index contributed by atoms with van der Waals surface area (Å²) in [6.45, 7) is 1.61. The van der Waals surface area contributed by atoms with E-state index < -0.39 is 12.2 Å². The predicted octanol–water partition coefficient (Wildman–Crippen LogP) is 1.42. The molecule has 1 heterocycles. The Morgan fingerprint density at radius 2 is 2.20 bits per heavy atom. The van der Waals surface area contributed by atoms with Gasteiger partial charge in [0, 0.05) is 21.1 Å². The monoisotopic (exact) mass is 350 g/mol. The Hall–Kier alpha value is -2.89. The van der Waals surface area contributed by atoms with Crippen molar-refractivity contribution in [1.29, 1.82) is 5.26 Å². The van der Waals surface area contributed by atoms with E-state index in [1.54, 1.807) is 39.2 Å². The van der Waals surface area contributed by atoms with Crippen LogP contribution in [0, 0.1) is 11.3 Å². The highest BCUT2D eigenvalue weighted by atomic mass is 19.1. The largest absolute Gasteiger partial charge is 0.480 e. The number of aliphatic imine (C=N–C) groups is 1. The number of carbonyl (C=O) groups is 1. The van der Waals surface area contributed by atoms with Crippen molar-refractivity contribution in [1.82, 2.24) is 15.2 Å². The lowest BCUT2D eigenvalue weighted by Gasteiger charge is -2.20. The zero-order valence-corrected chi connectivity index (χ0v) is 15.0. The van der Waals surface area contributed by atoms with Gasteiger partial charge in [0.25, 0.3) is 5.91 Å². The van der Waals surface area contributed by atoms with Crippen molar-refractivity contribution in [2.45, 2.75) is 25.6 Å². The predicted molar refractivity (Wildman–Crippen MR) is 93.5 cm³/mol. The van der Waals surface area contributed by atoms with Gasteiger partial charge in [-0.1, -0.05) is 0 Å². The van der Waals surface area contributed by atoms with Crippen LogP contribution >= 0.6 is 0 Å². The van der Waals surface area contributed by atoms with Crippen LogP contribution in [0.1, 0.15) is 23.7 Å². The minimum absolute atomic E-state index is 0.167. The lowest BCUT2D eigenvalue weighted by atomic mass is 10.1. The second-order valence-corrected chi connectivity index (χ2v) is 5.46. The molecular formula is C16H23FN6O2. The number of carbonyl (C=O) groups excluding carboxylic acids is 1. The van der Waals surface area contributed by atoms with Crippen molar-refractivity contribution in [3.05, 3.63) is 17.7 Å². The van der Waals surface area contributed by atoms with Gasteiger partial charge in [-0.3, -0.25) is 9.79 Å². The Labute approximate surface area is 146 Å². The molecule has 8 nitrogen and oxygen atoms in total. The van der Waals surface area contributed by atoms with Gasteiger partial charge >= 0.3 is 0 Å². The number of anilines is 1. The molecule has 136 valence electrons. The second kappa shape index (κ2) is 9.42. The zero-order valence-electron chi connectivity index (χ0n) is 15.0. The van der Waals surface area contributed by atoms with E-state index >= 15 is 0 Å². The maximum atomic E-state index is 13.7. The molecule has 0 aliphatic carbocycles. The molecule has 0 bridgehead atoms. The quantitative estimate of drug-likeness (QED) is 0.594. The number of nitrogens with one attached hydrogen (secondary N) is 2. The molecular weight excluding hydrogens is 327 g/mol. The number of hydrogen-bond acceptors (Lipinski definition) is 5. The van der Waals surface area contributed by atoms with Crippen LogP contribution in [0.3, 0.4) is 0 Å². The van der Waals surface area contributed by atoms with Gasteiger partial charge in [-0.2, -0.15) is 10.2 Å². The summed E-state index contributed by atoms with van der Waals surface area (Å²) < 4.78 is 18.9. The van der Waals surface area contributed by atoms with Crippen molar-refractivity contribution >= 4 is 17.7 Å². The number of alkyl halides is 1. The smallest absolute Gasteiger partial charge is 0.258 e. The highest BCUT2D eigenvalue weighted by Crippen LogP contribution is 2.19. The Bertz CT molecular complexity index is 671. The Balaban J connectivity index is 2.91. The zero-order chi connectivity index (χ0) is 19.0. The molecule has 1 unspecified atom stereocenters. The van der Waals surface area contributed by atoms with Gasteiger partial charge in [-0.05, 0) is 19.1 Å². The molecule has 9 heteroatoms. The van der Waals surface area contributed by atoms with Gasteiger partial charge < -0.3 is 20.3 Å². The van der Waals surface area contributed by atoms with E-state index in [1.165, 1.54) is 19.1 Å². The van der Waals surface area contributed by atoms with Gasteiger partial charge in [0.2, 0.25) is 5.88 Å². The van der Waals surface area contributed by atoms with Crippen LogP contribution in [-0.2, 0) is 0 Å². The first-order valence-electron chi connectivity index (χ1n) is 7.62. The molecule has 2 N–H and O–H groups in total. The number of nitriles is 1. The Kier molecular flexibility index (Phi) is 7.59. The highest BCUT2D eigenvalue weighted by Gasteiger charge is 2.19. The number of ether oxygens (including phenoxy) is 1. The Morgan fingerprint density at radius 3 is 2.72 bits per heavy atom. The van der Waals surface area contributed by atoms with E-state index in [2.05, 4.69) is 20.6 Å². The minimum atomic E-state index is -1.33. The average molecular weight is 350 g/mol. The summed E-state index contributed by atoms with van der Waals surface area (Å²) in [5.41, 5.74) is 0.326. The van der Waals surface area contributed by atoms with E-state index in [1.807, 2.05) is 0 Å². The van der Waals surface area contributed by atoms with Crippen molar-refractivity contribution in [2.24, 2.45) is 4.99 Å². The molecule has 0 radical (unpaired) electrons. The van der Waals surface area contributed by atoms with E-state index in [9.17, 15) is 9.18 Å². The normalized spacial score (nSPS) is 13.4. The summed E-state index contributed by atoms with van der Waals surface area (Å²) in [4.78, 5) is 21.7. The van der Waals surface area contributed by atoms with Crippen molar-refractivity contribution in [3.63, 3.8) is 0 Å². The first-order chi connectivity index (χ1) is 11.8. The van der Waals surface area contributed by atoms with Crippen LogP contribution in [0.5, 0.6) is 5.88 Å². The number of rotatable bonds is 6. The molecule has 0 aliphatic rings. The van der Waals surface area contributed by atoms with Gasteiger partial charge in [0.05, 0.1) is 25.6 Å². The van der Waals surface area contributed by atoms with Crippen LogP contribution in [-0.4, -0.2) is 62.2 Å².